The van der Waals surface area contributed by atoms with Gasteiger partial charge in [0.05, 0.1) is 27.7 Å². The summed E-state index contributed by atoms with van der Waals surface area (Å²) in [6.45, 7) is 0.951. The van der Waals surface area contributed by atoms with Crippen LogP contribution in [0.3, 0.4) is 0 Å². The third-order valence-corrected chi connectivity index (χ3v) is 12.1. The second-order valence-electron chi connectivity index (χ2n) is 13.8. The molecule has 0 saturated carbocycles. The normalized spacial score (nSPS) is 25.6. The van der Waals surface area contributed by atoms with Crippen molar-refractivity contribution in [3.63, 3.8) is 0 Å². The van der Waals surface area contributed by atoms with Gasteiger partial charge in [0.15, 0.2) is 0 Å². The maximum atomic E-state index is 5.43. The Labute approximate surface area is 305 Å². The Kier molecular flexibility index (Phi) is 7.10. The summed E-state index contributed by atoms with van der Waals surface area (Å²) in [5, 5.41) is 2.12. The van der Waals surface area contributed by atoms with Gasteiger partial charge in [-0.3, -0.25) is 0 Å². The van der Waals surface area contributed by atoms with E-state index in [1.54, 1.807) is 0 Å². The maximum absolute atomic E-state index is 5.43. The van der Waals surface area contributed by atoms with Gasteiger partial charge in [-0.05, 0) is 70.7 Å². The Morgan fingerprint density at radius 2 is 1.20 bits per heavy atom. The van der Waals surface area contributed by atoms with E-state index in [0.29, 0.717) is 0 Å². The van der Waals surface area contributed by atoms with Crippen molar-refractivity contribution in [3.05, 3.63) is 220 Å². The number of hydrogen-bond donors (Lipinski definition) is 2. The second-order valence-corrected chi connectivity index (χ2v) is 14.8. The minimum Gasteiger partial charge on any atom is -0.371 e. The van der Waals surface area contributed by atoms with Crippen LogP contribution in [0.15, 0.2) is 180 Å². The van der Waals surface area contributed by atoms with Crippen molar-refractivity contribution in [2.24, 2.45) is 4.99 Å². The van der Waals surface area contributed by atoms with Crippen molar-refractivity contribution >= 4 is 38.4 Å². The zero-order chi connectivity index (χ0) is 33.9. The van der Waals surface area contributed by atoms with Crippen molar-refractivity contribution in [1.82, 2.24) is 14.9 Å². The minimum atomic E-state index is -0.285. The topological polar surface area (TPSA) is 47.2 Å². The summed E-state index contributed by atoms with van der Waals surface area (Å²) in [5.41, 5.74) is 13.3. The first kappa shape index (κ1) is 30.2. The average molecular weight is 724 g/mol. The SMILES string of the molecule is Br[C@H]1C2=CN3CC[C@](c4ccccc4)(c4ccc([nH]4)/C(c4ccccc4)=C4/C=CC(=N4)/C(c4ccccc4)=c4/cc/c([nH]4)=C/2c2ccccc2)C13. The van der Waals surface area contributed by atoms with E-state index in [1.807, 2.05) is 0 Å². The summed E-state index contributed by atoms with van der Waals surface area (Å²) >= 11 is 4.37. The van der Waals surface area contributed by atoms with Crippen LogP contribution in [0.4, 0.5) is 0 Å². The Bertz CT molecular complexity index is 2540. The predicted molar refractivity (Wildman–Crippen MR) is 211 cm³/mol. The number of nitrogens with one attached hydrogen (secondary N) is 2. The van der Waals surface area contributed by atoms with Crippen molar-refractivity contribution in [2.75, 3.05) is 6.54 Å². The molecule has 51 heavy (non-hydrogen) atoms. The molecular formula is C46H35BrN4. The zero-order valence-electron chi connectivity index (χ0n) is 27.9. The van der Waals surface area contributed by atoms with E-state index in [9.17, 15) is 0 Å². The molecule has 3 atom stereocenters. The van der Waals surface area contributed by atoms with Crippen LogP contribution in [0.2, 0.25) is 0 Å². The Balaban J connectivity index is 1.33. The molecule has 246 valence electrons. The van der Waals surface area contributed by atoms with Crippen LogP contribution in [0, 0.1) is 0 Å². The molecular weight excluding hydrogens is 688 g/mol. The van der Waals surface area contributed by atoms with Crippen molar-refractivity contribution in [1.29, 1.82) is 0 Å². The van der Waals surface area contributed by atoms with Crippen molar-refractivity contribution in [3.8, 4) is 0 Å². The lowest BCUT2D eigenvalue weighted by Crippen LogP contribution is -2.45. The Hall–Kier alpha value is -5.65. The van der Waals surface area contributed by atoms with Gasteiger partial charge in [-0.2, -0.15) is 0 Å². The molecule has 2 N–H and O–H groups in total. The van der Waals surface area contributed by atoms with Gasteiger partial charge in [-0.15, -0.1) is 0 Å². The maximum Gasteiger partial charge on any atom is 0.0737 e. The molecule has 2 aromatic heterocycles. The lowest BCUT2D eigenvalue weighted by molar-refractivity contribution is 0.324. The van der Waals surface area contributed by atoms with Crippen LogP contribution in [-0.4, -0.2) is 38.0 Å². The summed E-state index contributed by atoms with van der Waals surface area (Å²) in [6.07, 6.45) is 7.77. The number of alkyl halides is 1. The monoisotopic (exact) mass is 722 g/mol. The van der Waals surface area contributed by atoms with E-state index < -0.39 is 0 Å². The summed E-state index contributed by atoms with van der Waals surface area (Å²) in [6, 6.07) is 52.4. The largest absolute Gasteiger partial charge is 0.371 e. The molecule has 8 bridgehead atoms. The van der Waals surface area contributed by atoms with Crippen LogP contribution >= 0.6 is 15.9 Å². The molecule has 0 spiro atoms. The first-order chi connectivity index (χ1) is 25.2. The molecule has 4 aliphatic heterocycles. The molecule has 0 amide bonds. The lowest BCUT2D eigenvalue weighted by atomic mass is 9.70. The van der Waals surface area contributed by atoms with Gasteiger partial charge in [0.25, 0.3) is 0 Å². The third-order valence-electron chi connectivity index (χ3n) is 11.1. The first-order valence-corrected chi connectivity index (χ1v) is 18.6. The van der Waals surface area contributed by atoms with Gasteiger partial charge in [0.2, 0.25) is 0 Å². The molecule has 0 radical (unpaired) electrons. The molecule has 1 fully saturated rings. The molecule has 10 rings (SSSR count). The first-order valence-electron chi connectivity index (χ1n) is 17.7. The van der Waals surface area contributed by atoms with E-state index in [1.165, 1.54) is 28.0 Å². The molecule has 6 aromatic rings. The summed E-state index contributed by atoms with van der Waals surface area (Å²) in [7, 11) is 0. The van der Waals surface area contributed by atoms with Crippen molar-refractivity contribution < 1.29 is 0 Å². The van der Waals surface area contributed by atoms with Gasteiger partial charge in [0.1, 0.15) is 0 Å². The number of aromatic amines is 2. The summed E-state index contributed by atoms with van der Waals surface area (Å²) in [5.74, 6) is 0. The van der Waals surface area contributed by atoms with Crippen LogP contribution < -0.4 is 10.7 Å². The number of benzene rings is 4. The smallest absolute Gasteiger partial charge is 0.0737 e. The van der Waals surface area contributed by atoms with Gasteiger partial charge < -0.3 is 14.9 Å². The number of allylic oxidation sites excluding steroid dienone is 2. The molecule has 1 unspecified atom stereocenters. The zero-order valence-corrected chi connectivity index (χ0v) is 29.5. The summed E-state index contributed by atoms with van der Waals surface area (Å²) in [4.78, 5) is 16.0. The Morgan fingerprint density at radius 3 is 1.86 bits per heavy atom. The number of rotatable bonds is 4. The molecule has 4 aromatic carbocycles. The van der Waals surface area contributed by atoms with Gasteiger partial charge in [-0.1, -0.05) is 137 Å². The van der Waals surface area contributed by atoms with Crippen LogP contribution in [-0.2, 0) is 5.41 Å². The Morgan fingerprint density at radius 1 is 0.608 bits per heavy atom. The summed E-state index contributed by atoms with van der Waals surface area (Å²) < 4.78 is 0. The van der Waals surface area contributed by atoms with Crippen LogP contribution in [0.1, 0.15) is 40.1 Å². The quantitative estimate of drug-likeness (QED) is 0.177. The van der Waals surface area contributed by atoms with Crippen LogP contribution in [0.25, 0.3) is 16.7 Å². The van der Waals surface area contributed by atoms with Crippen LogP contribution in [0.5, 0.6) is 0 Å². The standard InChI is InChI=1S/C46H35BrN4/c47-44-34-29-51-28-27-46(45(44)51,33-19-11-4-12-20-33)40-26-25-39(50-40)43(32-17-9-3-10-18-32)38-24-23-37(49-38)42(31-15-7-2-8-16-31)36-22-21-35(48-36)41(34)30-13-5-1-6-14-30/h1-26,29,44-45,48,50H,27-28H2/b41-35-,42-36-,43-38-/t44-,45?,46-/m0/s1. The average Bonchev–Trinajstić information content (AvgIpc) is 4.03. The highest BCUT2D eigenvalue weighted by Crippen LogP contribution is 2.53. The number of fused-ring (bicyclic) bond motifs is 7. The van der Waals surface area contributed by atoms with Gasteiger partial charge in [0, 0.05) is 51.6 Å². The van der Waals surface area contributed by atoms with E-state index >= 15 is 0 Å². The highest BCUT2D eigenvalue weighted by Gasteiger charge is 2.56. The third kappa shape index (κ3) is 4.75. The molecule has 4 nitrogen and oxygen atoms in total. The number of aromatic nitrogens is 2. The number of aliphatic imine (C=N–C) groups is 1. The predicted octanol–water partition coefficient (Wildman–Crippen LogP) is 8.25. The highest BCUT2D eigenvalue weighted by molar-refractivity contribution is 9.09. The molecule has 0 aliphatic carbocycles. The highest BCUT2D eigenvalue weighted by atomic mass is 79.9. The van der Waals surface area contributed by atoms with Gasteiger partial charge >= 0.3 is 0 Å². The number of H-pyrrole nitrogens is 2. The minimum absolute atomic E-state index is 0.0635. The number of nitrogens with zero attached hydrogens (tertiary/aromatic N) is 2. The number of halogens is 1. The fourth-order valence-electron chi connectivity index (χ4n) is 8.86. The molecule has 1 saturated heterocycles. The molecule has 6 heterocycles. The fraction of sp³-hybridized carbons (Fsp3) is 0.109. The fourth-order valence-corrected chi connectivity index (χ4v) is 9.97. The van der Waals surface area contributed by atoms with Gasteiger partial charge in [-0.25, -0.2) is 4.99 Å². The van der Waals surface area contributed by atoms with E-state index in [-0.39, 0.29) is 16.3 Å². The van der Waals surface area contributed by atoms with Crippen molar-refractivity contribution in [2.45, 2.75) is 22.7 Å². The second kappa shape index (κ2) is 12.0. The molecule has 5 heteroatoms. The van der Waals surface area contributed by atoms with E-state index in [0.717, 1.165) is 63.0 Å². The number of hydrogen-bond acceptors (Lipinski definition) is 2. The van der Waals surface area contributed by atoms with E-state index in [4.69, 9.17) is 4.99 Å². The van der Waals surface area contributed by atoms with E-state index in [2.05, 4.69) is 195 Å². The molecule has 4 aliphatic rings. The lowest BCUT2D eigenvalue weighted by Gasteiger charge is -2.38.